The molecule has 0 aliphatic carbocycles. The lowest BCUT2D eigenvalue weighted by Gasteiger charge is -2.28. The molecule has 0 bridgehead atoms. The Bertz CT molecular complexity index is 338. The summed E-state index contributed by atoms with van der Waals surface area (Å²) in [6.45, 7) is 9.36. The Kier molecular flexibility index (Phi) is 4.63. The summed E-state index contributed by atoms with van der Waals surface area (Å²) < 4.78 is 24.7. The van der Waals surface area contributed by atoms with E-state index in [0.29, 0.717) is 12.6 Å². The molecular formula is C14H21F2N. The van der Waals surface area contributed by atoms with Gasteiger partial charge in [0.15, 0.2) is 0 Å². The van der Waals surface area contributed by atoms with Gasteiger partial charge in [-0.2, -0.15) is 0 Å². The Morgan fingerprint density at radius 3 is 2.06 bits per heavy atom. The molecule has 17 heavy (non-hydrogen) atoms. The van der Waals surface area contributed by atoms with Crippen molar-refractivity contribution in [2.45, 2.75) is 46.7 Å². The fraction of sp³-hybridized carbons (Fsp3) is 0.571. The van der Waals surface area contributed by atoms with Crippen molar-refractivity contribution in [3.8, 4) is 0 Å². The maximum Gasteiger partial charge on any atom is 0.263 e. The second-order valence-electron chi connectivity index (χ2n) is 5.51. The summed E-state index contributed by atoms with van der Waals surface area (Å²) in [5.74, 6) is 0. The van der Waals surface area contributed by atoms with E-state index < -0.39 is 6.43 Å². The Balaban J connectivity index is 2.53. The van der Waals surface area contributed by atoms with Crippen LogP contribution in [0.4, 0.5) is 8.78 Å². The molecule has 0 aromatic heterocycles. The van der Waals surface area contributed by atoms with Gasteiger partial charge in [0.2, 0.25) is 0 Å². The zero-order chi connectivity index (χ0) is 13.1. The van der Waals surface area contributed by atoms with Crippen LogP contribution < -0.4 is 5.32 Å². The second-order valence-corrected chi connectivity index (χ2v) is 5.51. The van der Waals surface area contributed by atoms with E-state index in [1.165, 1.54) is 12.1 Å². The first-order valence-corrected chi connectivity index (χ1v) is 5.91. The van der Waals surface area contributed by atoms with E-state index in [0.717, 1.165) is 5.56 Å². The van der Waals surface area contributed by atoms with Crippen molar-refractivity contribution in [2.24, 2.45) is 5.41 Å². The van der Waals surface area contributed by atoms with Crippen LogP contribution in [0.2, 0.25) is 0 Å². The summed E-state index contributed by atoms with van der Waals surface area (Å²) >= 11 is 0. The van der Waals surface area contributed by atoms with Gasteiger partial charge in [-0.15, -0.1) is 0 Å². The van der Waals surface area contributed by atoms with Gasteiger partial charge in [0.25, 0.3) is 6.43 Å². The summed E-state index contributed by atoms with van der Waals surface area (Å²) in [5, 5.41) is 3.40. The topological polar surface area (TPSA) is 12.0 Å². The summed E-state index contributed by atoms with van der Waals surface area (Å²) in [6.07, 6.45) is -2.38. The molecule has 0 saturated carbocycles. The average molecular weight is 241 g/mol. The number of halogens is 2. The molecule has 3 heteroatoms. The summed E-state index contributed by atoms with van der Waals surface area (Å²) in [4.78, 5) is 0. The van der Waals surface area contributed by atoms with Gasteiger partial charge in [0.05, 0.1) is 0 Å². The first-order valence-electron chi connectivity index (χ1n) is 5.91. The molecule has 1 aromatic rings. The minimum atomic E-state index is -2.38. The molecule has 1 unspecified atom stereocenters. The van der Waals surface area contributed by atoms with E-state index in [2.05, 4.69) is 33.0 Å². The van der Waals surface area contributed by atoms with Gasteiger partial charge >= 0.3 is 0 Å². The molecule has 0 saturated heterocycles. The van der Waals surface area contributed by atoms with E-state index >= 15 is 0 Å². The molecule has 1 atom stereocenters. The van der Waals surface area contributed by atoms with Crippen LogP contribution in [0.15, 0.2) is 24.3 Å². The van der Waals surface area contributed by atoms with Gasteiger partial charge in [-0.3, -0.25) is 0 Å². The molecule has 0 amide bonds. The molecule has 0 aliphatic rings. The fourth-order valence-electron chi connectivity index (χ4n) is 1.36. The SMILES string of the molecule is CC(NCc1ccc(C(F)F)cc1)C(C)(C)C. The molecular weight excluding hydrogens is 220 g/mol. The van der Waals surface area contributed by atoms with Crippen LogP contribution in [0.1, 0.15) is 45.2 Å². The Morgan fingerprint density at radius 2 is 1.65 bits per heavy atom. The predicted molar refractivity (Wildman–Crippen MR) is 67.2 cm³/mol. The lowest BCUT2D eigenvalue weighted by Crippen LogP contribution is -2.37. The van der Waals surface area contributed by atoms with Crippen LogP contribution >= 0.6 is 0 Å². The normalized spacial score (nSPS) is 14.1. The Labute approximate surface area is 102 Å². The summed E-state index contributed by atoms with van der Waals surface area (Å²) in [6, 6.07) is 6.86. The quantitative estimate of drug-likeness (QED) is 0.835. The fourth-order valence-corrected chi connectivity index (χ4v) is 1.36. The standard InChI is InChI=1S/C14H21F2N/c1-10(14(2,3)4)17-9-11-5-7-12(8-6-11)13(15)16/h5-8,10,13,17H,9H2,1-4H3. The molecule has 1 aromatic carbocycles. The molecule has 0 radical (unpaired) electrons. The van der Waals surface area contributed by atoms with Gasteiger partial charge < -0.3 is 5.32 Å². The van der Waals surface area contributed by atoms with Crippen molar-refractivity contribution in [3.63, 3.8) is 0 Å². The Hall–Kier alpha value is -0.960. The van der Waals surface area contributed by atoms with Crippen LogP contribution in [0.5, 0.6) is 0 Å². The lowest BCUT2D eigenvalue weighted by atomic mass is 9.88. The van der Waals surface area contributed by atoms with Gasteiger partial charge in [-0.25, -0.2) is 8.78 Å². The van der Waals surface area contributed by atoms with Gasteiger partial charge in [0, 0.05) is 18.2 Å². The number of rotatable bonds is 4. The van der Waals surface area contributed by atoms with E-state index in [1.54, 1.807) is 12.1 Å². The Morgan fingerprint density at radius 1 is 1.12 bits per heavy atom. The molecule has 0 aliphatic heterocycles. The summed E-state index contributed by atoms with van der Waals surface area (Å²) in [5.41, 5.74) is 1.31. The largest absolute Gasteiger partial charge is 0.310 e. The smallest absolute Gasteiger partial charge is 0.263 e. The van der Waals surface area contributed by atoms with Gasteiger partial charge in [-0.05, 0) is 17.9 Å². The highest BCUT2D eigenvalue weighted by Gasteiger charge is 2.18. The second kappa shape index (κ2) is 5.58. The molecule has 1 rings (SSSR count). The highest BCUT2D eigenvalue weighted by Crippen LogP contribution is 2.20. The minimum Gasteiger partial charge on any atom is -0.310 e. The van der Waals surface area contributed by atoms with Crippen molar-refractivity contribution in [2.75, 3.05) is 0 Å². The monoisotopic (exact) mass is 241 g/mol. The van der Waals surface area contributed by atoms with Crippen molar-refractivity contribution in [1.82, 2.24) is 5.32 Å². The van der Waals surface area contributed by atoms with E-state index in [-0.39, 0.29) is 11.0 Å². The highest BCUT2D eigenvalue weighted by atomic mass is 19.3. The molecule has 0 heterocycles. The number of hydrogen-bond acceptors (Lipinski definition) is 1. The first kappa shape index (κ1) is 14.1. The van der Waals surface area contributed by atoms with E-state index in [1.807, 2.05) is 0 Å². The number of nitrogens with one attached hydrogen (secondary N) is 1. The molecule has 96 valence electrons. The third-order valence-corrected chi connectivity index (χ3v) is 3.14. The molecule has 1 nitrogen and oxygen atoms in total. The molecule has 0 spiro atoms. The van der Waals surface area contributed by atoms with Crippen LogP contribution in [-0.4, -0.2) is 6.04 Å². The van der Waals surface area contributed by atoms with Crippen molar-refractivity contribution in [3.05, 3.63) is 35.4 Å². The van der Waals surface area contributed by atoms with Crippen LogP contribution in [-0.2, 0) is 6.54 Å². The van der Waals surface area contributed by atoms with E-state index in [4.69, 9.17) is 0 Å². The van der Waals surface area contributed by atoms with Crippen molar-refractivity contribution < 1.29 is 8.78 Å². The highest BCUT2D eigenvalue weighted by molar-refractivity contribution is 5.23. The molecule has 0 fully saturated rings. The zero-order valence-electron chi connectivity index (χ0n) is 10.9. The molecule has 1 N–H and O–H groups in total. The van der Waals surface area contributed by atoms with Gasteiger partial charge in [-0.1, -0.05) is 45.0 Å². The van der Waals surface area contributed by atoms with Gasteiger partial charge in [0.1, 0.15) is 0 Å². The number of benzene rings is 1. The average Bonchev–Trinajstić information content (AvgIpc) is 2.25. The van der Waals surface area contributed by atoms with Crippen molar-refractivity contribution >= 4 is 0 Å². The minimum absolute atomic E-state index is 0.0811. The maximum atomic E-state index is 12.4. The van der Waals surface area contributed by atoms with Crippen molar-refractivity contribution in [1.29, 1.82) is 0 Å². The maximum absolute atomic E-state index is 12.4. The third kappa shape index (κ3) is 4.43. The first-order chi connectivity index (χ1) is 7.80. The number of alkyl halides is 2. The van der Waals surface area contributed by atoms with Crippen LogP contribution in [0.3, 0.4) is 0 Å². The predicted octanol–water partition coefficient (Wildman–Crippen LogP) is 4.15. The van der Waals surface area contributed by atoms with E-state index in [9.17, 15) is 8.78 Å². The van der Waals surface area contributed by atoms with Crippen LogP contribution in [0, 0.1) is 5.41 Å². The zero-order valence-corrected chi connectivity index (χ0v) is 10.9. The lowest BCUT2D eigenvalue weighted by molar-refractivity contribution is 0.151. The van der Waals surface area contributed by atoms with Crippen LogP contribution in [0.25, 0.3) is 0 Å². The summed E-state index contributed by atoms with van der Waals surface area (Å²) in [7, 11) is 0. The number of hydrogen-bond donors (Lipinski definition) is 1. The third-order valence-electron chi connectivity index (χ3n) is 3.14.